The lowest BCUT2D eigenvalue weighted by Crippen LogP contribution is -1.84. The van der Waals surface area contributed by atoms with Gasteiger partial charge in [0.2, 0.25) is 5.69 Å². The summed E-state index contributed by atoms with van der Waals surface area (Å²) in [5.41, 5.74) is 2.07. The van der Waals surface area contributed by atoms with Gasteiger partial charge in [0, 0.05) is 0 Å². The average molecular weight is 271 g/mol. The van der Waals surface area contributed by atoms with Gasteiger partial charge in [0.1, 0.15) is 5.75 Å². The van der Waals surface area contributed by atoms with Crippen LogP contribution in [0.3, 0.4) is 0 Å². The molecule has 0 aromatic heterocycles. The highest BCUT2D eigenvalue weighted by atomic mass is 16.7. The third kappa shape index (κ3) is 3.02. The smallest absolute Gasteiger partial charge is 0.203 e. The third-order valence-corrected chi connectivity index (χ3v) is 2.59. The predicted molar refractivity (Wildman–Crippen MR) is 70.4 cm³/mol. The molecule has 0 saturated heterocycles. The Hall–Kier alpha value is -3.09. The highest BCUT2D eigenvalue weighted by Crippen LogP contribution is 2.26. The first kappa shape index (κ1) is 13.3. The second-order valence-corrected chi connectivity index (χ2v) is 3.87. The summed E-state index contributed by atoms with van der Waals surface area (Å²) < 4.78 is 0. The molecule has 2 aromatic carbocycles. The van der Waals surface area contributed by atoms with Crippen LogP contribution in [-0.4, -0.2) is 16.4 Å². The molecule has 20 heavy (non-hydrogen) atoms. The minimum absolute atomic E-state index is 0.0832. The lowest BCUT2D eigenvalue weighted by Gasteiger charge is -2.03. The summed E-state index contributed by atoms with van der Waals surface area (Å²) in [6.45, 7) is 0. The van der Waals surface area contributed by atoms with E-state index in [4.69, 9.17) is 0 Å². The monoisotopic (exact) mass is 271 g/mol. The second-order valence-electron chi connectivity index (χ2n) is 3.87. The third-order valence-electron chi connectivity index (χ3n) is 2.59. The number of benzene rings is 2. The van der Waals surface area contributed by atoms with Crippen molar-refractivity contribution in [2.45, 2.75) is 0 Å². The maximum absolute atomic E-state index is 10.8. The van der Waals surface area contributed by atoms with E-state index in [1.54, 1.807) is 36.4 Å². The van der Waals surface area contributed by atoms with Crippen molar-refractivity contribution >= 4 is 12.0 Å². The molecule has 0 fully saturated rings. The van der Waals surface area contributed by atoms with Gasteiger partial charge in [-0.3, -0.25) is 4.79 Å². The Morgan fingerprint density at radius 1 is 1.10 bits per heavy atom. The minimum atomic E-state index is -0.885. The van der Waals surface area contributed by atoms with Gasteiger partial charge in [0.25, 0.3) is 0 Å². The van der Waals surface area contributed by atoms with E-state index < -0.39 is 5.03 Å². The van der Waals surface area contributed by atoms with Crippen LogP contribution in [0.5, 0.6) is 5.75 Å². The number of hydrogen-bond acceptors (Lipinski definition) is 5. The van der Waals surface area contributed by atoms with Crippen molar-refractivity contribution in [3.05, 3.63) is 58.1 Å². The molecule has 0 aliphatic heterocycles. The predicted octanol–water partition coefficient (Wildman–Crippen LogP) is 3.15. The standard InChI is InChI=1S/C13H9N3O4/c17-8-11-7-10(3-6-13(11)18)9-1-4-12(5-2-9)14-15-16(19)20/h1-8,18H. The molecule has 0 bridgehead atoms. The molecule has 0 atom stereocenters. The van der Waals surface area contributed by atoms with Gasteiger partial charge < -0.3 is 15.2 Å². The van der Waals surface area contributed by atoms with Crippen LogP contribution >= 0.6 is 0 Å². The fourth-order valence-corrected chi connectivity index (χ4v) is 1.64. The van der Waals surface area contributed by atoms with Gasteiger partial charge in [0.05, 0.1) is 15.7 Å². The van der Waals surface area contributed by atoms with Crippen LogP contribution in [0, 0.1) is 10.1 Å². The second kappa shape index (κ2) is 5.70. The van der Waals surface area contributed by atoms with Gasteiger partial charge in [-0.1, -0.05) is 6.07 Å². The van der Waals surface area contributed by atoms with Crippen LogP contribution in [0.25, 0.3) is 11.1 Å². The van der Waals surface area contributed by atoms with Gasteiger partial charge in [0.15, 0.2) is 11.5 Å². The number of aldehydes is 1. The molecule has 7 heteroatoms. The fraction of sp³-hybridized carbons (Fsp3) is 0. The summed E-state index contributed by atoms with van der Waals surface area (Å²) in [5, 5.41) is 24.8. The summed E-state index contributed by atoms with van der Waals surface area (Å²) >= 11 is 0. The number of rotatable bonds is 4. The number of hydrogen-bond donors (Lipinski definition) is 1. The van der Waals surface area contributed by atoms with Gasteiger partial charge in [-0.05, 0) is 47.5 Å². The summed E-state index contributed by atoms with van der Waals surface area (Å²) in [6, 6.07) is 11.2. The Morgan fingerprint density at radius 2 is 1.75 bits per heavy atom. The number of nitro groups is 1. The SMILES string of the molecule is O=Cc1cc(-c2ccc(N=N[N+](=O)[O-])cc2)ccc1O. The topological polar surface area (TPSA) is 105 Å². The maximum atomic E-state index is 10.8. The molecular formula is C13H9N3O4. The zero-order valence-corrected chi connectivity index (χ0v) is 10.1. The number of nitrogens with zero attached hydrogens (tertiary/aromatic N) is 3. The Kier molecular flexibility index (Phi) is 3.80. The minimum Gasteiger partial charge on any atom is -0.507 e. The molecule has 0 unspecified atom stereocenters. The molecule has 2 rings (SSSR count). The molecule has 1 N–H and O–H groups in total. The van der Waals surface area contributed by atoms with E-state index in [-0.39, 0.29) is 11.3 Å². The van der Waals surface area contributed by atoms with Gasteiger partial charge in [-0.25, -0.2) is 0 Å². The first-order valence-corrected chi connectivity index (χ1v) is 5.55. The van der Waals surface area contributed by atoms with Gasteiger partial charge in [-0.2, -0.15) is 0 Å². The van der Waals surface area contributed by atoms with E-state index in [1.807, 2.05) is 0 Å². The van der Waals surface area contributed by atoms with Crippen molar-refractivity contribution in [3.8, 4) is 16.9 Å². The van der Waals surface area contributed by atoms with Crippen LogP contribution in [0.4, 0.5) is 5.69 Å². The Morgan fingerprint density at radius 3 is 2.35 bits per heavy atom. The fourth-order valence-electron chi connectivity index (χ4n) is 1.64. The van der Waals surface area contributed by atoms with E-state index in [0.29, 0.717) is 12.0 Å². The van der Waals surface area contributed by atoms with E-state index in [1.165, 1.54) is 6.07 Å². The maximum Gasteiger partial charge on any atom is 0.203 e. The lowest BCUT2D eigenvalue weighted by atomic mass is 10.0. The molecule has 0 aliphatic carbocycles. The van der Waals surface area contributed by atoms with Crippen molar-refractivity contribution in [1.29, 1.82) is 0 Å². The van der Waals surface area contributed by atoms with E-state index in [2.05, 4.69) is 10.3 Å². The normalized spacial score (nSPS) is 10.6. The summed E-state index contributed by atoms with van der Waals surface area (Å²) in [5.74, 6) is -0.0832. The molecule has 100 valence electrons. The first-order valence-electron chi connectivity index (χ1n) is 5.55. The number of carbonyl (C=O) groups is 1. The van der Waals surface area contributed by atoms with Crippen LogP contribution in [0.1, 0.15) is 10.4 Å². The van der Waals surface area contributed by atoms with Crippen molar-refractivity contribution in [1.82, 2.24) is 0 Å². The number of aromatic hydroxyl groups is 1. The van der Waals surface area contributed by atoms with Crippen LogP contribution < -0.4 is 0 Å². The Balaban J connectivity index is 2.30. The van der Waals surface area contributed by atoms with E-state index in [9.17, 15) is 20.0 Å². The zero-order chi connectivity index (χ0) is 14.5. The van der Waals surface area contributed by atoms with Gasteiger partial charge in [-0.15, -0.1) is 0 Å². The molecule has 0 radical (unpaired) electrons. The zero-order valence-electron chi connectivity index (χ0n) is 10.1. The van der Waals surface area contributed by atoms with E-state index >= 15 is 0 Å². The molecule has 0 spiro atoms. The highest BCUT2D eigenvalue weighted by molar-refractivity contribution is 5.82. The van der Waals surface area contributed by atoms with Crippen LogP contribution in [0.15, 0.2) is 52.8 Å². The van der Waals surface area contributed by atoms with Crippen molar-refractivity contribution in [2.24, 2.45) is 10.3 Å². The number of phenols is 1. The highest BCUT2D eigenvalue weighted by Gasteiger charge is 2.05. The van der Waals surface area contributed by atoms with Crippen molar-refractivity contribution in [3.63, 3.8) is 0 Å². The Labute approximate surface area is 113 Å². The average Bonchev–Trinajstić information content (AvgIpc) is 2.46. The molecule has 2 aromatic rings. The quantitative estimate of drug-likeness (QED) is 0.399. The largest absolute Gasteiger partial charge is 0.507 e. The molecular weight excluding hydrogens is 262 g/mol. The molecule has 7 nitrogen and oxygen atoms in total. The molecule has 0 amide bonds. The van der Waals surface area contributed by atoms with Crippen molar-refractivity contribution < 1.29 is 14.9 Å². The first-order chi connectivity index (χ1) is 9.60. The Bertz CT molecular complexity index is 681. The number of carbonyl (C=O) groups excluding carboxylic acids is 1. The van der Waals surface area contributed by atoms with Crippen molar-refractivity contribution in [2.75, 3.05) is 0 Å². The molecule has 0 aliphatic rings. The van der Waals surface area contributed by atoms with Crippen LogP contribution in [0.2, 0.25) is 0 Å². The van der Waals surface area contributed by atoms with E-state index in [0.717, 1.165) is 11.1 Å². The lowest BCUT2D eigenvalue weighted by molar-refractivity contribution is -0.493. The summed E-state index contributed by atoms with van der Waals surface area (Å²) in [6.07, 6.45) is 0.568. The summed E-state index contributed by atoms with van der Waals surface area (Å²) in [4.78, 5) is 20.8. The number of phenolic OH excluding ortho intramolecular Hbond substituents is 1. The summed E-state index contributed by atoms with van der Waals surface area (Å²) in [7, 11) is 0. The van der Waals surface area contributed by atoms with Gasteiger partial charge >= 0.3 is 0 Å². The molecule has 0 saturated carbocycles. The molecule has 0 heterocycles. The van der Waals surface area contributed by atoms with Crippen LogP contribution in [-0.2, 0) is 0 Å².